The van der Waals surface area contributed by atoms with E-state index in [1.54, 1.807) is 18.2 Å². The van der Waals surface area contributed by atoms with E-state index >= 15 is 0 Å². The largest absolute Gasteiger partial charge is 0.493 e. The molecule has 0 atom stereocenters. The third-order valence-corrected chi connectivity index (χ3v) is 5.35. The number of nitrogens with zero attached hydrogens (tertiary/aromatic N) is 3. The van der Waals surface area contributed by atoms with Crippen molar-refractivity contribution < 1.29 is 28.1 Å². The van der Waals surface area contributed by atoms with Gasteiger partial charge in [0.25, 0.3) is 5.89 Å². The SMILES string of the molecule is COc1cc(C(=O)OCc2nc(-c3cccs3)no2)ccc1OCc1c(C)noc1C. The van der Waals surface area contributed by atoms with Crippen LogP contribution in [-0.4, -0.2) is 28.4 Å². The summed E-state index contributed by atoms with van der Waals surface area (Å²) in [5.41, 5.74) is 1.94. The van der Waals surface area contributed by atoms with Crippen LogP contribution in [0.5, 0.6) is 11.5 Å². The molecule has 9 nitrogen and oxygen atoms in total. The Kier molecular flexibility index (Phi) is 5.99. The molecule has 0 unspecified atom stereocenters. The van der Waals surface area contributed by atoms with Crippen LogP contribution in [0.1, 0.15) is 33.3 Å². The highest BCUT2D eigenvalue weighted by Gasteiger charge is 2.16. The van der Waals surface area contributed by atoms with Crippen molar-refractivity contribution in [3.8, 4) is 22.2 Å². The van der Waals surface area contributed by atoms with Crippen molar-refractivity contribution in [2.24, 2.45) is 0 Å². The number of rotatable bonds is 8. The van der Waals surface area contributed by atoms with Crippen LogP contribution in [-0.2, 0) is 18.0 Å². The van der Waals surface area contributed by atoms with Gasteiger partial charge in [0.1, 0.15) is 12.4 Å². The minimum Gasteiger partial charge on any atom is -0.493 e. The van der Waals surface area contributed by atoms with E-state index in [0.717, 1.165) is 16.1 Å². The van der Waals surface area contributed by atoms with Gasteiger partial charge in [-0.3, -0.25) is 0 Å². The number of hydrogen-bond donors (Lipinski definition) is 0. The third kappa shape index (κ3) is 4.58. The van der Waals surface area contributed by atoms with Crippen LogP contribution >= 0.6 is 11.3 Å². The standard InChI is InChI=1S/C21H19N3O6S/c1-12-15(13(2)29-23-12)10-27-16-7-6-14(9-17(16)26-3)21(25)28-11-19-22-20(24-30-19)18-5-4-8-31-18/h4-9H,10-11H2,1-3H3. The molecule has 0 bridgehead atoms. The number of aromatic nitrogens is 3. The summed E-state index contributed by atoms with van der Waals surface area (Å²) >= 11 is 1.49. The van der Waals surface area contributed by atoms with Gasteiger partial charge < -0.3 is 23.3 Å². The number of ether oxygens (including phenoxy) is 3. The molecule has 0 aliphatic carbocycles. The van der Waals surface area contributed by atoms with Crippen molar-refractivity contribution in [2.45, 2.75) is 27.1 Å². The summed E-state index contributed by atoms with van der Waals surface area (Å²) in [6.45, 7) is 3.80. The number of methoxy groups -OCH3 is 1. The lowest BCUT2D eigenvalue weighted by molar-refractivity contribution is 0.0429. The van der Waals surface area contributed by atoms with Gasteiger partial charge in [0.05, 0.1) is 28.8 Å². The predicted octanol–water partition coefficient (Wildman–Crippen LogP) is 4.35. The van der Waals surface area contributed by atoms with Crippen molar-refractivity contribution in [3.63, 3.8) is 0 Å². The molecule has 31 heavy (non-hydrogen) atoms. The van der Waals surface area contributed by atoms with Gasteiger partial charge >= 0.3 is 5.97 Å². The van der Waals surface area contributed by atoms with Crippen LogP contribution in [0, 0.1) is 13.8 Å². The lowest BCUT2D eigenvalue weighted by Crippen LogP contribution is -2.06. The first-order valence-electron chi connectivity index (χ1n) is 9.31. The molecule has 0 saturated heterocycles. The Morgan fingerprint density at radius 3 is 2.68 bits per heavy atom. The molecule has 0 saturated carbocycles. The van der Waals surface area contributed by atoms with Crippen LogP contribution in [0.4, 0.5) is 0 Å². The van der Waals surface area contributed by atoms with E-state index < -0.39 is 5.97 Å². The van der Waals surface area contributed by atoms with E-state index in [0.29, 0.717) is 28.6 Å². The lowest BCUT2D eigenvalue weighted by Gasteiger charge is -2.12. The summed E-state index contributed by atoms with van der Waals surface area (Å²) in [5, 5.41) is 9.71. The molecule has 0 aliphatic heterocycles. The van der Waals surface area contributed by atoms with Crippen LogP contribution in [0.15, 0.2) is 44.8 Å². The first-order chi connectivity index (χ1) is 15.0. The second kappa shape index (κ2) is 9.00. The second-order valence-corrected chi connectivity index (χ2v) is 7.47. The Bertz CT molecular complexity index is 1160. The number of benzene rings is 1. The van der Waals surface area contributed by atoms with E-state index in [9.17, 15) is 4.79 Å². The second-order valence-electron chi connectivity index (χ2n) is 6.52. The zero-order chi connectivity index (χ0) is 21.8. The van der Waals surface area contributed by atoms with Crippen LogP contribution in [0.3, 0.4) is 0 Å². The van der Waals surface area contributed by atoms with Gasteiger partial charge in [0, 0.05) is 0 Å². The molecule has 1 aromatic carbocycles. The van der Waals surface area contributed by atoms with E-state index in [2.05, 4.69) is 15.3 Å². The summed E-state index contributed by atoms with van der Waals surface area (Å²) in [6, 6.07) is 8.57. The molecule has 0 aliphatic rings. The number of aryl methyl sites for hydroxylation is 2. The average molecular weight is 441 g/mol. The van der Waals surface area contributed by atoms with Gasteiger partial charge in [0.15, 0.2) is 18.1 Å². The smallest absolute Gasteiger partial charge is 0.338 e. The highest BCUT2D eigenvalue weighted by atomic mass is 32.1. The van der Waals surface area contributed by atoms with Crippen molar-refractivity contribution in [1.29, 1.82) is 0 Å². The maximum atomic E-state index is 12.4. The molecule has 0 N–H and O–H groups in total. The summed E-state index contributed by atoms with van der Waals surface area (Å²) < 4.78 is 26.7. The molecule has 160 valence electrons. The van der Waals surface area contributed by atoms with Gasteiger partial charge in [-0.05, 0) is 43.5 Å². The Morgan fingerprint density at radius 2 is 1.97 bits per heavy atom. The lowest BCUT2D eigenvalue weighted by atomic mass is 10.2. The molecular formula is C21H19N3O6S. The van der Waals surface area contributed by atoms with Gasteiger partial charge in [-0.15, -0.1) is 11.3 Å². The zero-order valence-corrected chi connectivity index (χ0v) is 17.9. The van der Waals surface area contributed by atoms with E-state index in [1.807, 2.05) is 31.4 Å². The molecule has 3 aromatic heterocycles. The molecule has 10 heteroatoms. The number of carbonyl (C=O) groups is 1. The van der Waals surface area contributed by atoms with Crippen molar-refractivity contribution in [1.82, 2.24) is 15.3 Å². The molecule has 0 radical (unpaired) electrons. The fourth-order valence-electron chi connectivity index (χ4n) is 2.80. The Labute approximate surface area is 181 Å². The normalized spacial score (nSPS) is 10.8. The fourth-order valence-corrected chi connectivity index (χ4v) is 3.45. The van der Waals surface area contributed by atoms with Crippen molar-refractivity contribution in [2.75, 3.05) is 7.11 Å². The van der Waals surface area contributed by atoms with Gasteiger partial charge in [-0.25, -0.2) is 4.79 Å². The van der Waals surface area contributed by atoms with Crippen molar-refractivity contribution >= 4 is 17.3 Å². The van der Waals surface area contributed by atoms with Gasteiger partial charge in [-0.1, -0.05) is 16.4 Å². The molecule has 0 amide bonds. The van der Waals surface area contributed by atoms with Gasteiger partial charge in [0.2, 0.25) is 5.82 Å². The monoisotopic (exact) mass is 441 g/mol. The average Bonchev–Trinajstić information content (AvgIpc) is 3.53. The molecular weight excluding hydrogens is 422 g/mol. The molecule has 4 aromatic rings. The Balaban J connectivity index is 1.39. The van der Waals surface area contributed by atoms with E-state index in [-0.39, 0.29) is 19.1 Å². The molecule has 3 heterocycles. The minimum atomic E-state index is -0.550. The number of esters is 1. The van der Waals surface area contributed by atoms with Crippen LogP contribution < -0.4 is 9.47 Å². The van der Waals surface area contributed by atoms with Gasteiger partial charge in [-0.2, -0.15) is 4.98 Å². The summed E-state index contributed by atoms with van der Waals surface area (Å²) in [6.07, 6.45) is 0. The Morgan fingerprint density at radius 1 is 1.10 bits per heavy atom. The first-order valence-corrected chi connectivity index (χ1v) is 10.2. The number of carbonyl (C=O) groups excluding carboxylic acids is 1. The summed E-state index contributed by atoms with van der Waals surface area (Å²) in [7, 11) is 1.50. The minimum absolute atomic E-state index is 0.135. The van der Waals surface area contributed by atoms with Crippen molar-refractivity contribution in [3.05, 3.63) is 64.2 Å². The maximum absolute atomic E-state index is 12.4. The van der Waals surface area contributed by atoms with Crippen LogP contribution in [0.25, 0.3) is 10.7 Å². The maximum Gasteiger partial charge on any atom is 0.338 e. The number of thiophene rings is 1. The third-order valence-electron chi connectivity index (χ3n) is 4.49. The number of hydrogen-bond acceptors (Lipinski definition) is 10. The quantitative estimate of drug-likeness (QED) is 0.369. The Hall–Kier alpha value is -3.66. The zero-order valence-electron chi connectivity index (χ0n) is 17.1. The molecule has 4 rings (SSSR count). The summed E-state index contributed by atoms with van der Waals surface area (Å²) in [4.78, 5) is 17.5. The highest BCUT2D eigenvalue weighted by Crippen LogP contribution is 2.30. The molecule has 0 spiro atoms. The topological polar surface area (TPSA) is 110 Å². The van der Waals surface area contributed by atoms with Crippen LogP contribution in [0.2, 0.25) is 0 Å². The van der Waals surface area contributed by atoms with E-state index in [1.165, 1.54) is 18.4 Å². The summed E-state index contributed by atoms with van der Waals surface area (Å²) in [5.74, 6) is 1.70. The molecule has 0 fully saturated rings. The predicted molar refractivity (Wildman–Crippen MR) is 110 cm³/mol. The first kappa shape index (κ1) is 20.6. The fraction of sp³-hybridized carbons (Fsp3) is 0.238. The van der Waals surface area contributed by atoms with E-state index in [4.69, 9.17) is 23.3 Å². The highest BCUT2D eigenvalue weighted by molar-refractivity contribution is 7.13.